The van der Waals surface area contributed by atoms with E-state index in [0.29, 0.717) is 19.4 Å². The highest BCUT2D eigenvalue weighted by Gasteiger charge is 2.31. The number of ether oxygens (including phenoxy) is 1. The minimum absolute atomic E-state index is 0.00589. The van der Waals surface area contributed by atoms with Crippen LogP contribution in [0.2, 0.25) is 0 Å². The largest absolute Gasteiger partial charge is 0.377 e. The van der Waals surface area contributed by atoms with E-state index in [0.717, 1.165) is 23.5 Å². The van der Waals surface area contributed by atoms with E-state index in [-0.39, 0.29) is 19.2 Å². The molecule has 1 aliphatic rings. The van der Waals surface area contributed by atoms with Crippen LogP contribution in [0, 0.1) is 11.6 Å². The molecule has 0 spiro atoms. The summed E-state index contributed by atoms with van der Waals surface area (Å²) in [6, 6.07) is 2.45. The normalized spacial score (nSPS) is 18.0. The molecule has 0 unspecified atom stereocenters. The van der Waals surface area contributed by atoms with Crippen LogP contribution < -0.4 is 0 Å². The Hall–Kier alpha value is -0.570. The molecule has 0 bridgehead atoms. The maximum atomic E-state index is 13.7. The average molecular weight is 384 g/mol. The maximum absolute atomic E-state index is 13.7. The Labute approximate surface area is 131 Å². The Kier molecular flexibility index (Phi) is 5.70. The summed E-state index contributed by atoms with van der Waals surface area (Å²) in [5, 5.41) is 0.722. The fourth-order valence-corrected chi connectivity index (χ4v) is 4.00. The van der Waals surface area contributed by atoms with Crippen LogP contribution in [0.3, 0.4) is 0 Å². The third kappa shape index (κ3) is 4.00. The molecule has 0 aromatic heterocycles. The van der Waals surface area contributed by atoms with Gasteiger partial charge in [-0.25, -0.2) is 17.2 Å². The van der Waals surface area contributed by atoms with Gasteiger partial charge in [-0.15, -0.1) is 0 Å². The van der Waals surface area contributed by atoms with E-state index in [1.54, 1.807) is 0 Å². The van der Waals surface area contributed by atoms with Crippen molar-refractivity contribution < 1.29 is 21.9 Å². The van der Waals surface area contributed by atoms with Gasteiger partial charge in [0.05, 0.1) is 12.7 Å². The lowest BCUT2D eigenvalue weighted by Crippen LogP contribution is -2.41. The molecule has 0 radical (unpaired) electrons. The first-order valence-electron chi connectivity index (χ1n) is 6.58. The van der Waals surface area contributed by atoms with Crippen molar-refractivity contribution in [3.63, 3.8) is 0 Å². The summed E-state index contributed by atoms with van der Waals surface area (Å²) < 4.78 is 58.3. The van der Waals surface area contributed by atoms with Gasteiger partial charge in [0, 0.05) is 18.4 Å². The molecule has 8 heteroatoms. The molecule has 4 nitrogen and oxygen atoms in total. The molecule has 1 aromatic carbocycles. The molecule has 0 N–H and O–H groups in total. The summed E-state index contributed by atoms with van der Waals surface area (Å²) in [6.45, 7) is 1.05. The molecular formula is C13H16BrF2NO3S. The number of piperidine rings is 1. The topological polar surface area (TPSA) is 46.6 Å². The first kappa shape index (κ1) is 16.8. The highest BCUT2D eigenvalue weighted by atomic mass is 79.9. The van der Waals surface area contributed by atoms with Gasteiger partial charge in [0.2, 0.25) is 10.0 Å². The second kappa shape index (κ2) is 7.13. The first-order chi connectivity index (χ1) is 9.95. The van der Waals surface area contributed by atoms with E-state index in [9.17, 15) is 17.2 Å². The molecule has 1 heterocycles. The van der Waals surface area contributed by atoms with Crippen molar-refractivity contribution in [2.45, 2.75) is 23.8 Å². The third-order valence-electron chi connectivity index (χ3n) is 3.34. The number of rotatable bonds is 5. The van der Waals surface area contributed by atoms with Gasteiger partial charge in [0.25, 0.3) is 0 Å². The van der Waals surface area contributed by atoms with Gasteiger partial charge in [0.15, 0.2) is 0 Å². The number of alkyl halides is 1. The predicted octanol–water partition coefficient (Wildman–Crippen LogP) is 2.53. The van der Waals surface area contributed by atoms with Gasteiger partial charge in [-0.2, -0.15) is 4.31 Å². The van der Waals surface area contributed by atoms with Gasteiger partial charge in [-0.1, -0.05) is 15.9 Å². The summed E-state index contributed by atoms with van der Waals surface area (Å²) in [7, 11) is -4.01. The van der Waals surface area contributed by atoms with Crippen LogP contribution in [0.4, 0.5) is 8.78 Å². The van der Waals surface area contributed by atoms with Gasteiger partial charge in [-0.05, 0) is 31.0 Å². The van der Waals surface area contributed by atoms with Crippen molar-refractivity contribution in [2.75, 3.05) is 25.0 Å². The molecule has 118 valence electrons. The molecule has 1 saturated heterocycles. The molecule has 1 aliphatic heterocycles. The van der Waals surface area contributed by atoms with Crippen LogP contribution in [-0.4, -0.2) is 43.9 Å². The number of hydrogen-bond donors (Lipinski definition) is 0. The molecule has 2 rings (SSSR count). The Bertz CT molecular complexity index is 589. The lowest BCUT2D eigenvalue weighted by atomic mass is 10.1. The van der Waals surface area contributed by atoms with Crippen LogP contribution in [0.5, 0.6) is 0 Å². The Morgan fingerprint density at radius 1 is 1.29 bits per heavy atom. The zero-order valence-electron chi connectivity index (χ0n) is 11.3. The van der Waals surface area contributed by atoms with Crippen LogP contribution in [0.25, 0.3) is 0 Å². The minimum atomic E-state index is -4.01. The molecule has 21 heavy (non-hydrogen) atoms. The smallest absolute Gasteiger partial charge is 0.246 e. The zero-order chi connectivity index (χ0) is 15.5. The number of nitrogens with zero attached hydrogens (tertiary/aromatic N) is 1. The van der Waals surface area contributed by atoms with Crippen LogP contribution in [-0.2, 0) is 14.8 Å². The van der Waals surface area contributed by atoms with Gasteiger partial charge < -0.3 is 4.74 Å². The van der Waals surface area contributed by atoms with E-state index in [2.05, 4.69) is 15.9 Å². The summed E-state index contributed by atoms with van der Waals surface area (Å²) in [5.74, 6) is -1.71. The quantitative estimate of drug-likeness (QED) is 0.734. The fourth-order valence-electron chi connectivity index (χ4n) is 2.26. The van der Waals surface area contributed by atoms with Gasteiger partial charge in [-0.3, -0.25) is 0 Å². The van der Waals surface area contributed by atoms with E-state index >= 15 is 0 Å². The van der Waals surface area contributed by atoms with Crippen molar-refractivity contribution in [3.8, 4) is 0 Å². The van der Waals surface area contributed by atoms with Crippen LogP contribution in [0.15, 0.2) is 23.1 Å². The molecule has 0 aliphatic carbocycles. The first-order valence-corrected chi connectivity index (χ1v) is 9.14. The Morgan fingerprint density at radius 2 is 1.95 bits per heavy atom. The van der Waals surface area contributed by atoms with E-state index in [1.807, 2.05) is 0 Å². The van der Waals surface area contributed by atoms with E-state index in [4.69, 9.17) is 4.74 Å². The van der Waals surface area contributed by atoms with Gasteiger partial charge >= 0.3 is 0 Å². The van der Waals surface area contributed by atoms with E-state index in [1.165, 1.54) is 4.31 Å². The highest BCUT2D eigenvalue weighted by Crippen LogP contribution is 2.24. The highest BCUT2D eigenvalue weighted by molar-refractivity contribution is 9.09. The number of hydrogen-bond acceptors (Lipinski definition) is 3. The molecule has 1 fully saturated rings. The van der Waals surface area contributed by atoms with Crippen LogP contribution in [0.1, 0.15) is 12.8 Å². The monoisotopic (exact) mass is 383 g/mol. The standard InChI is InChI=1S/C13H16BrF2NO3S/c14-5-8-20-11-3-6-17(7-4-11)21(18,19)13-9-10(15)1-2-12(13)16/h1-2,9,11H,3-8H2. The van der Waals surface area contributed by atoms with Crippen molar-refractivity contribution in [2.24, 2.45) is 0 Å². The Morgan fingerprint density at radius 3 is 2.57 bits per heavy atom. The summed E-state index contributed by atoms with van der Waals surface area (Å²) >= 11 is 3.26. The van der Waals surface area contributed by atoms with Crippen molar-refractivity contribution >= 4 is 26.0 Å². The third-order valence-corrected chi connectivity index (χ3v) is 5.58. The average Bonchev–Trinajstić information content (AvgIpc) is 2.48. The summed E-state index contributed by atoms with van der Waals surface area (Å²) in [5.41, 5.74) is 0. The molecule has 0 amide bonds. The number of halogens is 3. The van der Waals surface area contributed by atoms with Crippen LogP contribution >= 0.6 is 15.9 Å². The minimum Gasteiger partial charge on any atom is -0.377 e. The van der Waals surface area contributed by atoms with E-state index < -0.39 is 26.6 Å². The van der Waals surface area contributed by atoms with Crippen molar-refractivity contribution in [1.29, 1.82) is 0 Å². The van der Waals surface area contributed by atoms with Crippen molar-refractivity contribution in [1.82, 2.24) is 4.31 Å². The van der Waals surface area contributed by atoms with Gasteiger partial charge in [0.1, 0.15) is 16.5 Å². The molecular weight excluding hydrogens is 368 g/mol. The molecule has 0 saturated carbocycles. The predicted molar refractivity (Wildman–Crippen MR) is 77.9 cm³/mol. The Balaban J connectivity index is 2.10. The fraction of sp³-hybridized carbons (Fsp3) is 0.538. The lowest BCUT2D eigenvalue weighted by Gasteiger charge is -2.31. The van der Waals surface area contributed by atoms with Crippen molar-refractivity contribution in [3.05, 3.63) is 29.8 Å². The second-order valence-electron chi connectivity index (χ2n) is 4.74. The SMILES string of the molecule is O=S(=O)(c1cc(F)ccc1F)N1CCC(OCCBr)CC1. The molecule has 0 atom stereocenters. The maximum Gasteiger partial charge on any atom is 0.246 e. The zero-order valence-corrected chi connectivity index (χ0v) is 13.7. The summed E-state index contributed by atoms with van der Waals surface area (Å²) in [6.07, 6.45) is 1.10. The second-order valence-corrected chi connectivity index (χ2v) is 7.44. The lowest BCUT2D eigenvalue weighted by molar-refractivity contribution is 0.0309. The molecule has 1 aromatic rings. The summed E-state index contributed by atoms with van der Waals surface area (Å²) in [4.78, 5) is -0.609. The number of sulfonamides is 1. The number of benzene rings is 1.